The van der Waals surface area contributed by atoms with E-state index in [1.54, 1.807) is 12.2 Å². The first-order chi connectivity index (χ1) is 18.9. The molecule has 39 heavy (non-hydrogen) atoms. The van der Waals surface area contributed by atoms with Gasteiger partial charge in [-0.2, -0.15) is 0 Å². The van der Waals surface area contributed by atoms with Crippen molar-refractivity contribution in [3.63, 3.8) is 0 Å². The molecule has 0 aromatic carbocycles. The quantitative estimate of drug-likeness (QED) is 0.132. The van der Waals surface area contributed by atoms with Crippen LogP contribution in [0, 0.1) is 0 Å². The van der Waals surface area contributed by atoms with E-state index in [1.165, 1.54) is 102 Å². The van der Waals surface area contributed by atoms with Gasteiger partial charge in [0.15, 0.2) is 11.6 Å². The fourth-order valence-corrected chi connectivity index (χ4v) is 6.20. The average Bonchev–Trinajstić information content (AvgIpc) is 3.23. The number of aliphatic hydroxyl groups excluding tert-OH is 1. The molecule has 3 rings (SSSR count). The number of esters is 1. The largest absolute Gasteiger partial charge is 0.466 e. The summed E-state index contributed by atoms with van der Waals surface area (Å²) in [6.45, 7) is 2.72. The Morgan fingerprint density at radius 2 is 1.41 bits per heavy atom. The number of carbonyl (C=O) groups is 2. The summed E-state index contributed by atoms with van der Waals surface area (Å²) in [4.78, 5) is 23.9. The number of unbranched alkanes of at least 4 members (excludes halogenated alkanes) is 15. The van der Waals surface area contributed by atoms with Crippen LogP contribution in [0.3, 0.4) is 0 Å². The van der Waals surface area contributed by atoms with Gasteiger partial charge in [-0.1, -0.05) is 103 Å². The molecule has 2 unspecified atom stereocenters. The Morgan fingerprint density at radius 3 is 1.97 bits per heavy atom. The van der Waals surface area contributed by atoms with E-state index in [1.807, 2.05) is 0 Å². The van der Waals surface area contributed by atoms with E-state index in [0.29, 0.717) is 32.3 Å². The van der Waals surface area contributed by atoms with Gasteiger partial charge in [0.2, 0.25) is 0 Å². The van der Waals surface area contributed by atoms with Crippen molar-refractivity contribution < 1.29 is 28.9 Å². The van der Waals surface area contributed by atoms with Crippen LogP contribution in [-0.2, 0) is 23.8 Å². The fourth-order valence-electron chi connectivity index (χ4n) is 6.20. The van der Waals surface area contributed by atoms with Gasteiger partial charge >= 0.3 is 5.97 Å². The van der Waals surface area contributed by atoms with Gasteiger partial charge in [0.25, 0.3) is 0 Å². The second kappa shape index (κ2) is 17.3. The van der Waals surface area contributed by atoms with E-state index >= 15 is 0 Å². The average molecular weight is 547 g/mol. The van der Waals surface area contributed by atoms with Crippen molar-refractivity contribution in [2.24, 2.45) is 0 Å². The Bertz CT molecular complexity index is 773. The van der Waals surface area contributed by atoms with Crippen LogP contribution in [0.2, 0.25) is 0 Å². The highest BCUT2D eigenvalue weighted by Crippen LogP contribution is 2.47. The number of rotatable bonds is 19. The van der Waals surface area contributed by atoms with Crippen LogP contribution >= 0.6 is 0 Å². The van der Waals surface area contributed by atoms with Crippen LogP contribution in [-0.4, -0.2) is 47.1 Å². The number of ketones is 1. The van der Waals surface area contributed by atoms with E-state index in [2.05, 4.69) is 6.92 Å². The van der Waals surface area contributed by atoms with Gasteiger partial charge in [-0.05, 0) is 37.1 Å². The number of ether oxygens (including phenoxy) is 3. The maximum Gasteiger partial charge on any atom is 0.308 e. The lowest BCUT2D eigenvalue weighted by molar-refractivity contribution is -0.291. The third-order valence-corrected chi connectivity index (χ3v) is 8.45. The zero-order valence-corrected chi connectivity index (χ0v) is 24.5. The van der Waals surface area contributed by atoms with Gasteiger partial charge in [-0.25, -0.2) is 0 Å². The first-order valence-corrected chi connectivity index (χ1v) is 16.1. The van der Waals surface area contributed by atoms with Gasteiger partial charge in [0, 0.05) is 19.3 Å². The molecule has 2 saturated heterocycles. The summed E-state index contributed by atoms with van der Waals surface area (Å²) >= 11 is 0. The van der Waals surface area contributed by atoms with E-state index in [4.69, 9.17) is 14.2 Å². The van der Waals surface area contributed by atoms with Gasteiger partial charge < -0.3 is 19.3 Å². The normalized spacial score (nSPS) is 25.6. The second-order valence-electron chi connectivity index (χ2n) is 12.1. The van der Waals surface area contributed by atoms with Crippen molar-refractivity contribution in [3.8, 4) is 0 Å². The van der Waals surface area contributed by atoms with Crippen molar-refractivity contribution >= 4 is 11.8 Å². The van der Waals surface area contributed by atoms with Crippen molar-refractivity contribution in [2.75, 3.05) is 6.61 Å². The van der Waals surface area contributed by atoms with E-state index < -0.39 is 23.6 Å². The van der Waals surface area contributed by atoms with Crippen LogP contribution in [0.4, 0.5) is 0 Å². The standard InChI is InChI=1S/C33H54O6/c1-2-3-4-5-6-7-8-9-10-11-12-13-14-15-16-17-24-37-31(36)26-30-25-29(35)27-33(38-30)23-22-32(39-33)20-18-28(34)19-21-32/h18-21,29-30,35H,2-17,22-27H2,1H3/t29?,30?,33-/m1/s1. The molecule has 2 heterocycles. The first kappa shape index (κ1) is 32.0. The Labute approximate surface area is 236 Å². The molecule has 3 atom stereocenters. The predicted octanol–water partition coefficient (Wildman–Crippen LogP) is 7.66. The number of aliphatic hydroxyl groups is 1. The van der Waals surface area contributed by atoms with Crippen molar-refractivity contribution in [3.05, 3.63) is 24.3 Å². The van der Waals surface area contributed by atoms with Gasteiger partial charge in [-0.15, -0.1) is 0 Å². The van der Waals surface area contributed by atoms with E-state index in [9.17, 15) is 14.7 Å². The monoisotopic (exact) mass is 546 g/mol. The highest BCUT2D eigenvalue weighted by molar-refractivity contribution is 6.00. The topological polar surface area (TPSA) is 82.1 Å². The lowest BCUT2D eigenvalue weighted by Gasteiger charge is -2.41. The molecular formula is C33H54O6. The summed E-state index contributed by atoms with van der Waals surface area (Å²) in [5.41, 5.74) is -0.663. The molecule has 1 N–H and O–H groups in total. The van der Waals surface area contributed by atoms with Crippen molar-refractivity contribution in [1.29, 1.82) is 0 Å². The molecule has 2 fully saturated rings. The molecule has 0 aromatic heterocycles. The molecule has 6 heteroatoms. The zero-order valence-electron chi connectivity index (χ0n) is 24.5. The van der Waals surface area contributed by atoms with Crippen LogP contribution < -0.4 is 0 Å². The molecule has 2 aliphatic heterocycles. The number of allylic oxidation sites excluding steroid dienone is 2. The van der Waals surface area contributed by atoms with Gasteiger partial charge in [0.05, 0.1) is 25.2 Å². The van der Waals surface area contributed by atoms with Gasteiger partial charge in [-0.3, -0.25) is 9.59 Å². The molecule has 3 aliphatic rings. The lowest BCUT2D eigenvalue weighted by Crippen LogP contribution is -2.48. The first-order valence-electron chi connectivity index (χ1n) is 16.1. The molecule has 0 amide bonds. The van der Waals surface area contributed by atoms with E-state index in [-0.39, 0.29) is 18.2 Å². The molecule has 6 nitrogen and oxygen atoms in total. The summed E-state index contributed by atoms with van der Waals surface area (Å²) in [5, 5.41) is 10.5. The summed E-state index contributed by atoms with van der Waals surface area (Å²) in [6.07, 6.45) is 28.8. The molecular weight excluding hydrogens is 492 g/mol. The molecule has 0 saturated carbocycles. The highest BCUT2D eigenvalue weighted by Gasteiger charge is 2.52. The fraction of sp³-hybridized carbons (Fsp3) is 0.818. The number of hydrogen-bond acceptors (Lipinski definition) is 6. The minimum atomic E-state index is -0.925. The smallest absolute Gasteiger partial charge is 0.308 e. The molecule has 222 valence electrons. The molecule has 0 bridgehead atoms. The number of carbonyl (C=O) groups excluding carboxylic acids is 2. The number of hydrogen-bond donors (Lipinski definition) is 1. The summed E-state index contributed by atoms with van der Waals surface area (Å²) in [7, 11) is 0. The summed E-state index contributed by atoms with van der Waals surface area (Å²) in [5.74, 6) is -1.26. The van der Waals surface area contributed by atoms with Crippen LogP contribution in [0.1, 0.15) is 142 Å². The third kappa shape index (κ3) is 11.9. The molecule has 2 spiro atoms. The second-order valence-corrected chi connectivity index (χ2v) is 12.1. The maximum absolute atomic E-state index is 12.4. The predicted molar refractivity (Wildman–Crippen MR) is 154 cm³/mol. The Hall–Kier alpha value is -1.50. The van der Waals surface area contributed by atoms with Crippen LogP contribution in [0.15, 0.2) is 24.3 Å². The minimum Gasteiger partial charge on any atom is -0.466 e. The Kier molecular flexibility index (Phi) is 14.2. The van der Waals surface area contributed by atoms with Crippen molar-refractivity contribution in [1.82, 2.24) is 0 Å². The Morgan fingerprint density at radius 1 is 0.872 bits per heavy atom. The molecule has 1 aliphatic carbocycles. The highest BCUT2D eigenvalue weighted by atomic mass is 16.7. The van der Waals surface area contributed by atoms with Crippen LogP contribution in [0.25, 0.3) is 0 Å². The van der Waals surface area contributed by atoms with E-state index in [0.717, 1.165) is 12.8 Å². The molecule has 0 radical (unpaired) electrons. The lowest BCUT2D eigenvalue weighted by atomic mass is 9.92. The maximum atomic E-state index is 12.4. The SMILES string of the molecule is CCCCCCCCCCCCCCCCCCOC(=O)CC1CC(O)C[C@]2(CCC3(C=CC(=O)C=C3)O2)O1. The minimum absolute atomic E-state index is 0.0558. The third-order valence-electron chi connectivity index (χ3n) is 8.45. The summed E-state index contributed by atoms with van der Waals surface area (Å²) < 4.78 is 18.0. The zero-order chi connectivity index (χ0) is 27.8. The van der Waals surface area contributed by atoms with Crippen molar-refractivity contribution in [2.45, 2.75) is 165 Å². The van der Waals surface area contributed by atoms with Crippen LogP contribution in [0.5, 0.6) is 0 Å². The molecule has 0 aromatic rings. The summed E-state index contributed by atoms with van der Waals surface area (Å²) in [6, 6.07) is 0. The Balaban J connectivity index is 1.16. The van der Waals surface area contributed by atoms with Gasteiger partial charge in [0.1, 0.15) is 5.60 Å².